The van der Waals surface area contributed by atoms with E-state index in [1.807, 2.05) is 19.9 Å². The van der Waals surface area contributed by atoms with E-state index < -0.39 is 10.0 Å². The number of carbonyl (C=O) groups is 1. The van der Waals surface area contributed by atoms with Crippen LogP contribution in [0.5, 0.6) is 0 Å². The molecule has 0 spiro atoms. The molecule has 1 heterocycles. The van der Waals surface area contributed by atoms with Crippen LogP contribution < -0.4 is 4.90 Å². The third kappa shape index (κ3) is 3.03. The minimum Gasteiger partial charge on any atom is -0.312 e. The summed E-state index contributed by atoms with van der Waals surface area (Å²) in [5.74, 6) is 0.0166. The number of hydrogen-bond donors (Lipinski definition) is 0. The summed E-state index contributed by atoms with van der Waals surface area (Å²) in [6, 6.07) is 5.11. The van der Waals surface area contributed by atoms with Crippen molar-refractivity contribution in [2.75, 3.05) is 25.5 Å². The number of benzene rings is 1. The second-order valence-corrected chi connectivity index (χ2v) is 8.13. The fourth-order valence-electron chi connectivity index (χ4n) is 2.60. The molecule has 0 bridgehead atoms. The van der Waals surface area contributed by atoms with Crippen molar-refractivity contribution >= 4 is 21.6 Å². The molecule has 0 fully saturated rings. The first kappa shape index (κ1) is 17.0. The van der Waals surface area contributed by atoms with Crippen molar-refractivity contribution in [1.29, 1.82) is 0 Å². The van der Waals surface area contributed by atoms with Gasteiger partial charge in [0.1, 0.15) is 0 Å². The zero-order valence-corrected chi connectivity index (χ0v) is 14.5. The highest BCUT2D eigenvalue weighted by Crippen LogP contribution is 2.31. The third-order valence-corrected chi connectivity index (χ3v) is 6.07. The highest BCUT2D eigenvalue weighted by atomic mass is 32.2. The summed E-state index contributed by atoms with van der Waals surface area (Å²) in [6.07, 6.45) is 2.57. The Bertz CT molecular complexity index is 668. The van der Waals surface area contributed by atoms with Crippen LogP contribution in [0.3, 0.4) is 0 Å². The van der Waals surface area contributed by atoms with Gasteiger partial charge < -0.3 is 4.90 Å². The molecule has 0 aromatic heterocycles. The van der Waals surface area contributed by atoms with Crippen LogP contribution >= 0.6 is 0 Å². The molecule has 1 aromatic carbocycles. The average molecular weight is 324 g/mol. The summed E-state index contributed by atoms with van der Waals surface area (Å²) in [7, 11) is -0.468. The molecular weight excluding hydrogens is 300 g/mol. The molecule has 22 heavy (non-hydrogen) atoms. The van der Waals surface area contributed by atoms with E-state index in [4.69, 9.17) is 0 Å². The van der Waals surface area contributed by atoms with Crippen LogP contribution in [0.25, 0.3) is 0 Å². The standard InChI is InChI=1S/C16H24N2O3S/c1-5-12(2)16(19)18-10-6-7-13-8-9-14(11-15(13)18)22(20,21)17(3)4/h8-9,11-12H,5-7,10H2,1-4H3/t12-/m1/s1. The van der Waals surface area contributed by atoms with Gasteiger partial charge in [0.05, 0.1) is 4.90 Å². The second-order valence-electron chi connectivity index (χ2n) is 5.98. The van der Waals surface area contributed by atoms with Crippen molar-refractivity contribution in [1.82, 2.24) is 4.31 Å². The summed E-state index contributed by atoms with van der Waals surface area (Å²) in [6.45, 7) is 4.55. The van der Waals surface area contributed by atoms with Crippen molar-refractivity contribution in [2.45, 2.75) is 38.0 Å². The number of amides is 1. The number of nitrogens with zero attached hydrogens (tertiary/aromatic N) is 2. The van der Waals surface area contributed by atoms with E-state index in [2.05, 4.69) is 0 Å². The molecule has 0 saturated carbocycles. The summed E-state index contributed by atoms with van der Waals surface area (Å²) in [4.78, 5) is 14.5. The van der Waals surface area contributed by atoms with Crippen LogP contribution in [0.15, 0.2) is 23.1 Å². The second kappa shape index (κ2) is 6.38. The van der Waals surface area contributed by atoms with Gasteiger partial charge in [-0.05, 0) is 37.0 Å². The molecule has 0 radical (unpaired) electrons. The Balaban J connectivity index is 2.47. The van der Waals surface area contributed by atoms with Gasteiger partial charge in [-0.25, -0.2) is 12.7 Å². The molecule has 0 unspecified atom stereocenters. The molecule has 6 heteroatoms. The Morgan fingerprint density at radius 3 is 2.64 bits per heavy atom. The van der Waals surface area contributed by atoms with Crippen LogP contribution in [-0.2, 0) is 21.2 Å². The Hall–Kier alpha value is -1.40. The summed E-state index contributed by atoms with van der Waals surface area (Å²) >= 11 is 0. The van der Waals surface area contributed by atoms with Gasteiger partial charge in [-0.1, -0.05) is 19.9 Å². The zero-order valence-electron chi connectivity index (χ0n) is 13.7. The Morgan fingerprint density at radius 1 is 1.36 bits per heavy atom. The molecule has 0 aliphatic carbocycles. The average Bonchev–Trinajstić information content (AvgIpc) is 2.52. The Morgan fingerprint density at radius 2 is 2.05 bits per heavy atom. The van der Waals surface area contributed by atoms with Gasteiger partial charge in [-0.3, -0.25) is 4.79 Å². The maximum atomic E-state index is 12.6. The van der Waals surface area contributed by atoms with E-state index in [0.29, 0.717) is 6.54 Å². The van der Waals surface area contributed by atoms with Crippen molar-refractivity contribution in [2.24, 2.45) is 5.92 Å². The largest absolute Gasteiger partial charge is 0.312 e. The zero-order chi connectivity index (χ0) is 16.5. The van der Waals surface area contributed by atoms with Gasteiger partial charge in [-0.15, -0.1) is 0 Å². The maximum Gasteiger partial charge on any atom is 0.242 e. The van der Waals surface area contributed by atoms with E-state index in [1.165, 1.54) is 18.4 Å². The van der Waals surface area contributed by atoms with Crippen LogP contribution in [-0.4, -0.2) is 39.3 Å². The van der Waals surface area contributed by atoms with Crippen molar-refractivity contribution in [3.05, 3.63) is 23.8 Å². The van der Waals surface area contributed by atoms with E-state index in [-0.39, 0.29) is 16.7 Å². The highest BCUT2D eigenvalue weighted by Gasteiger charge is 2.27. The molecular formula is C16H24N2O3S. The normalized spacial score (nSPS) is 16.5. The fourth-order valence-corrected chi connectivity index (χ4v) is 3.52. The SMILES string of the molecule is CC[C@@H](C)C(=O)N1CCCc2ccc(S(=O)(=O)N(C)C)cc21. The molecule has 1 aromatic rings. The predicted octanol–water partition coefficient (Wildman–Crippen LogP) is 2.26. The van der Waals surface area contributed by atoms with E-state index in [0.717, 1.165) is 30.5 Å². The van der Waals surface area contributed by atoms with Gasteiger partial charge in [0.15, 0.2) is 0 Å². The van der Waals surface area contributed by atoms with Gasteiger partial charge in [0.2, 0.25) is 15.9 Å². The van der Waals surface area contributed by atoms with E-state index in [1.54, 1.807) is 17.0 Å². The molecule has 0 saturated heterocycles. The smallest absolute Gasteiger partial charge is 0.242 e. The molecule has 2 rings (SSSR count). The summed E-state index contributed by atoms with van der Waals surface area (Å²) in [5.41, 5.74) is 1.79. The van der Waals surface area contributed by atoms with Crippen LogP contribution in [0.2, 0.25) is 0 Å². The first-order chi connectivity index (χ1) is 10.3. The summed E-state index contributed by atoms with van der Waals surface area (Å²) < 4.78 is 25.8. The van der Waals surface area contributed by atoms with Gasteiger partial charge in [-0.2, -0.15) is 0 Å². The van der Waals surface area contributed by atoms with Crippen LogP contribution in [0, 0.1) is 5.92 Å². The quantitative estimate of drug-likeness (QED) is 0.853. The number of aryl methyl sites for hydroxylation is 1. The number of carbonyl (C=O) groups excluding carboxylic acids is 1. The Labute approximate surface area is 133 Å². The first-order valence-corrected chi connectivity index (χ1v) is 9.10. The number of sulfonamides is 1. The molecule has 122 valence electrons. The molecule has 5 nitrogen and oxygen atoms in total. The number of fused-ring (bicyclic) bond motifs is 1. The third-order valence-electron chi connectivity index (χ3n) is 4.25. The first-order valence-electron chi connectivity index (χ1n) is 7.65. The lowest BCUT2D eigenvalue weighted by Gasteiger charge is -2.32. The predicted molar refractivity (Wildman–Crippen MR) is 87.4 cm³/mol. The van der Waals surface area contributed by atoms with Gasteiger partial charge in [0.25, 0.3) is 0 Å². The topological polar surface area (TPSA) is 57.7 Å². The molecule has 1 atom stereocenters. The number of anilines is 1. The van der Waals surface area contributed by atoms with Crippen molar-refractivity contribution in [3.63, 3.8) is 0 Å². The minimum absolute atomic E-state index is 0.0555. The van der Waals surface area contributed by atoms with Gasteiger partial charge >= 0.3 is 0 Å². The summed E-state index contributed by atoms with van der Waals surface area (Å²) in [5, 5.41) is 0. The lowest BCUT2D eigenvalue weighted by Crippen LogP contribution is -2.39. The highest BCUT2D eigenvalue weighted by molar-refractivity contribution is 7.89. The lowest BCUT2D eigenvalue weighted by atomic mass is 9.99. The number of hydrogen-bond acceptors (Lipinski definition) is 3. The molecule has 1 amide bonds. The van der Waals surface area contributed by atoms with Crippen molar-refractivity contribution in [3.8, 4) is 0 Å². The molecule has 1 aliphatic heterocycles. The molecule has 0 N–H and O–H groups in total. The van der Waals surface area contributed by atoms with Crippen molar-refractivity contribution < 1.29 is 13.2 Å². The molecule has 1 aliphatic rings. The minimum atomic E-state index is -3.49. The lowest BCUT2D eigenvalue weighted by molar-refractivity contribution is -0.122. The maximum absolute atomic E-state index is 12.6. The van der Waals surface area contributed by atoms with Crippen LogP contribution in [0.1, 0.15) is 32.3 Å². The van der Waals surface area contributed by atoms with E-state index in [9.17, 15) is 13.2 Å². The van der Waals surface area contributed by atoms with Gasteiger partial charge in [0, 0.05) is 32.2 Å². The number of rotatable bonds is 4. The monoisotopic (exact) mass is 324 g/mol. The van der Waals surface area contributed by atoms with Crippen LogP contribution in [0.4, 0.5) is 5.69 Å². The Kier molecular flexibility index (Phi) is 4.92. The van der Waals surface area contributed by atoms with E-state index >= 15 is 0 Å². The fraction of sp³-hybridized carbons (Fsp3) is 0.562.